The molecule has 44 heavy (non-hydrogen) atoms. The number of aliphatic hydroxyl groups excluding tert-OH is 1. The number of anilines is 1. The molecule has 10 heteroatoms. The van der Waals surface area contributed by atoms with Crippen LogP contribution in [-0.2, 0) is 9.59 Å². The normalized spacial score (nSPS) is 16.5. The molecule has 4 heterocycles. The fourth-order valence-corrected chi connectivity index (χ4v) is 6.88. The Morgan fingerprint density at radius 1 is 1.05 bits per heavy atom. The van der Waals surface area contributed by atoms with Crippen LogP contribution in [0.3, 0.4) is 0 Å². The highest BCUT2D eigenvalue weighted by Crippen LogP contribution is 2.46. The summed E-state index contributed by atoms with van der Waals surface area (Å²) in [7, 11) is 1.55. The first-order valence-electron chi connectivity index (χ1n) is 14.5. The van der Waals surface area contributed by atoms with Gasteiger partial charge in [-0.3, -0.25) is 18.9 Å². The highest BCUT2D eigenvalue weighted by Gasteiger charge is 2.49. The van der Waals surface area contributed by atoms with Crippen molar-refractivity contribution in [2.75, 3.05) is 18.6 Å². The molecule has 1 aliphatic heterocycles. The van der Waals surface area contributed by atoms with E-state index in [0.29, 0.717) is 51.8 Å². The third kappa shape index (κ3) is 4.98. The molecule has 1 amide bonds. The summed E-state index contributed by atoms with van der Waals surface area (Å²) in [5, 5.41) is 12.3. The highest BCUT2D eigenvalue weighted by atomic mass is 32.1. The highest BCUT2D eigenvalue weighted by molar-refractivity contribution is 7.22. The van der Waals surface area contributed by atoms with Crippen molar-refractivity contribution in [1.82, 2.24) is 14.4 Å². The average molecular weight is 611 g/mol. The van der Waals surface area contributed by atoms with Crippen LogP contribution in [0.15, 0.2) is 60.3 Å². The number of aromatic nitrogens is 3. The van der Waals surface area contributed by atoms with Crippen molar-refractivity contribution in [2.45, 2.75) is 47.1 Å². The van der Waals surface area contributed by atoms with Gasteiger partial charge in [-0.1, -0.05) is 43.4 Å². The van der Waals surface area contributed by atoms with Crippen molar-refractivity contribution < 1.29 is 24.2 Å². The molecule has 3 aromatic heterocycles. The molecule has 0 spiro atoms. The van der Waals surface area contributed by atoms with Gasteiger partial charge in [-0.2, -0.15) is 0 Å². The third-order valence-electron chi connectivity index (χ3n) is 7.85. The third-order valence-corrected chi connectivity index (χ3v) is 8.86. The van der Waals surface area contributed by atoms with Crippen LogP contribution in [-0.4, -0.2) is 44.9 Å². The van der Waals surface area contributed by atoms with Gasteiger partial charge in [0.2, 0.25) is 0 Å². The number of pyridine rings is 1. The number of fused-ring (bicyclic) bond motifs is 2. The predicted molar refractivity (Wildman–Crippen MR) is 172 cm³/mol. The number of thiazole rings is 1. The van der Waals surface area contributed by atoms with E-state index in [0.717, 1.165) is 27.8 Å². The number of nitrogens with zero attached hydrogens (tertiary/aromatic N) is 4. The molecule has 5 aromatic rings. The molecule has 226 valence electrons. The van der Waals surface area contributed by atoms with Crippen molar-refractivity contribution in [3.63, 3.8) is 0 Å². The second kappa shape index (κ2) is 11.4. The number of carbonyl (C=O) groups excluding carboxylic acids is 2. The molecule has 2 aromatic carbocycles. The summed E-state index contributed by atoms with van der Waals surface area (Å²) in [6.45, 7) is 10.5. The van der Waals surface area contributed by atoms with Crippen LogP contribution in [0.5, 0.6) is 11.5 Å². The lowest BCUT2D eigenvalue weighted by Gasteiger charge is -2.24. The van der Waals surface area contributed by atoms with Gasteiger partial charge < -0.3 is 14.6 Å². The topological polar surface area (TPSA) is 106 Å². The van der Waals surface area contributed by atoms with Crippen molar-refractivity contribution >= 4 is 49.8 Å². The lowest BCUT2D eigenvalue weighted by atomic mass is 9.96. The summed E-state index contributed by atoms with van der Waals surface area (Å²) in [6.07, 6.45) is 2.64. The number of aryl methyl sites for hydroxylation is 3. The Hall–Kier alpha value is -4.70. The fraction of sp³-hybridized carbons (Fsp3) is 0.294. The SMILES string of the molecule is COc1cc(C2/C(=C(\O)c3c(C)nc4ccccn34)C(=O)C(=O)N2c2nc3c(C)cc(C)cc3s2)ccc1OCCC(C)C. The van der Waals surface area contributed by atoms with Gasteiger partial charge in [0.25, 0.3) is 5.78 Å². The number of carbonyl (C=O) groups is 2. The smallest absolute Gasteiger partial charge is 0.301 e. The van der Waals surface area contributed by atoms with Crippen LogP contribution in [0.25, 0.3) is 21.6 Å². The van der Waals surface area contributed by atoms with Crippen LogP contribution >= 0.6 is 11.3 Å². The number of hydrogen-bond donors (Lipinski definition) is 1. The summed E-state index contributed by atoms with van der Waals surface area (Å²) in [6, 6.07) is 13.9. The van der Waals surface area contributed by atoms with Crippen LogP contribution in [0, 0.1) is 26.7 Å². The van der Waals surface area contributed by atoms with E-state index in [1.807, 2.05) is 44.2 Å². The molecule has 0 radical (unpaired) electrons. The molecule has 1 aliphatic rings. The number of aliphatic hydroxyl groups is 1. The van der Waals surface area contributed by atoms with E-state index in [9.17, 15) is 14.7 Å². The summed E-state index contributed by atoms with van der Waals surface area (Å²) in [5.74, 6) is -0.397. The van der Waals surface area contributed by atoms with Crippen LogP contribution < -0.4 is 14.4 Å². The Morgan fingerprint density at radius 2 is 1.84 bits per heavy atom. The van der Waals surface area contributed by atoms with E-state index in [2.05, 4.69) is 18.8 Å². The second-order valence-corrected chi connectivity index (χ2v) is 12.5. The number of methoxy groups -OCH3 is 1. The summed E-state index contributed by atoms with van der Waals surface area (Å²) in [5.41, 5.74) is 4.81. The number of ether oxygens (including phenoxy) is 2. The maximum absolute atomic E-state index is 13.9. The van der Waals surface area contributed by atoms with E-state index in [1.165, 1.54) is 16.2 Å². The molecule has 1 fully saturated rings. The Balaban J connectivity index is 1.56. The van der Waals surface area contributed by atoms with Gasteiger partial charge in [0.1, 0.15) is 11.3 Å². The van der Waals surface area contributed by atoms with Crippen LogP contribution in [0.2, 0.25) is 0 Å². The van der Waals surface area contributed by atoms with Gasteiger partial charge in [0.15, 0.2) is 22.4 Å². The molecular formula is C34H34N4O5S. The Labute approximate surface area is 259 Å². The first kappa shape index (κ1) is 29.4. The molecule has 1 atom stereocenters. The van der Waals surface area contributed by atoms with Gasteiger partial charge in [-0.15, -0.1) is 0 Å². The molecule has 1 unspecified atom stereocenters. The average Bonchev–Trinajstić information content (AvgIpc) is 3.63. The Morgan fingerprint density at radius 3 is 2.59 bits per heavy atom. The summed E-state index contributed by atoms with van der Waals surface area (Å²) in [4.78, 5) is 38.6. The number of imidazole rings is 1. The first-order chi connectivity index (χ1) is 21.1. The second-order valence-electron chi connectivity index (χ2n) is 11.5. The van der Waals surface area contributed by atoms with Crippen molar-refractivity contribution in [3.05, 3.63) is 88.4 Å². The molecule has 1 N–H and O–H groups in total. The van der Waals surface area contributed by atoms with Gasteiger partial charge in [-0.25, -0.2) is 9.97 Å². The quantitative estimate of drug-likeness (QED) is 0.115. The number of Topliss-reactive ketones (excluding diaryl/α,β-unsaturated/α-hetero) is 1. The minimum Gasteiger partial charge on any atom is -0.505 e. The predicted octanol–water partition coefficient (Wildman–Crippen LogP) is 6.93. The molecule has 0 bridgehead atoms. The van der Waals surface area contributed by atoms with Crippen LogP contribution in [0.1, 0.15) is 54.4 Å². The number of hydrogen-bond acceptors (Lipinski definition) is 8. The van der Waals surface area contributed by atoms with E-state index < -0.39 is 17.7 Å². The standard InChI is InChI=1S/C34H34N4O5S/c1-18(2)12-14-43-23-11-10-22(17-24(23)42-6)30-27(31(39)29-21(5)35-26-9-7-8-13-37(26)29)32(40)33(41)38(30)34-36-28-20(4)15-19(3)16-25(28)44-34/h7-11,13,15-18,30,39H,12,14H2,1-6H3/b31-27+. The summed E-state index contributed by atoms with van der Waals surface area (Å²) >= 11 is 1.33. The van der Waals surface area contributed by atoms with E-state index in [4.69, 9.17) is 14.5 Å². The van der Waals surface area contributed by atoms with Gasteiger partial charge in [0, 0.05) is 6.20 Å². The maximum Gasteiger partial charge on any atom is 0.301 e. The van der Waals surface area contributed by atoms with Gasteiger partial charge >= 0.3 is 5.91 Å². The van der Waals surface area contributed by atoms with E-state index in [-0.39, 0.29) is 11.3 Å². The zero-order valence-corrected chi connectivity index (χ0v) is 26.4. The molecular weight excluding hydrogens is 576 g/mol. The maximum atomic E-state index is 13.9. The Bertz CT molecular complexity index is 1970. The van der Waals surface area contributed by atoms with E-state index >= 15 is 0 Å². The van der Waals surface area contributed by atoms with Crippen molar-refractivity contribution in [3.8, 4) is 11.5 Å². The number of ketones is 1. The van der Waals surface area contributed by atoms with Gasteiger partial charge in [-0.05, 0) is 80.1 Å². The lowest BCUT2D eigenvalue weighted by molar-refractivity contribution is -0.132. The van der Waals surface area contributed by atoms with Crippen LogP contribution in [0.4, 0.5) is 5.13 Å². The molecule has 0 aliphatic carbocycles. The van der Waals surface area contributed by atoms with Crippen molar-refractivity contribution in [2.24, 2.45) is 5.92 Å². The molecule has 1 saturated heterocycles. The number of amides is 1. The monoisotopic (exact) mass is 610 g/mol. The first-order valence-corrected chi connectivity index (χ1v) is 15.3. The molecule has 6 rings (SSSR count). The lowest BCUT2D eigenvalue weighted by Crippen LogP contribution is -2.29. The van der Waals surface area contributed by atoms with Gasteiger partial charge in [0.05, 0.1) is 41.2 Å². The zero-order valence-electron chi connectivity index (χ0n) is 25.5. The summed E-state index contributed by atoms with van der Waals surface area (Å²) < 4.78 is 14.3. The number of rotatable bonds is 8. The van der Waals surface area contributed by atoms with E-state index in [1.54, 1.807) is 42.8 Å². The molecule has 0 saturated carbocycles. The number of benzene rings is 2. The zero-order chi connectivity index (χ0) is 31.3. The fourth-order valence-electron chi connectivity index (χ4n) is 5.71. The Kier molecular flexibility index (Phi) is 7.63. The van der Waals surface area contributed by atoms with Crippen molar-refractivity contribution in [1.29, 1.82) is 0 Å². The minimum absolute atomic E-state index is 0.0496. The molecule has 9 nitrogen and oxygen atoms in total. The minimum atomic E-state index is -0.982. The largest absolute Gasteiger partial charge is 0.505 e.